The summed E-state index contributed by atoms with van der Waals surface area (Å²) in [4.78, 5) is 46.8. The number of fused-ring (bicyclic) bond motifs is 1. The maximum atomic E-state index is 16.3. The number of anilines is 1. The van der Waals surface area contributed by atoms with Crippen LogP contribution < -0.4 is 15.2 Å². The highest BCUT2D eigenvalue weighted by Crippen LogP contribution is 2.47. The lowest BCUT2D eigenvalue weighted by molar-refractivity contribution is 0.0682. The molecule has 1 N–H and O–H groups in total. The molecule has 2 aromatic carbocycles. The zero-order chi connectivity index (χ0) is 33.5. The lowest BCUT2D eigenvalue weighted by Gasteiger charge is -2.36. The summed E-state index contributed by atoms with van der Waals surface area (Å²) in [6, 6.07) is 7.33. The molecule has 9 nitrogen and oxygen atoms in total. The molecule has 3 amide bonds. The number of H-pyrrole nitrogens is 1. The Bertz CT molecular complexity index is 1810. The van der Waals surface area contributed by atoms with Crippen LogP contribution in [-0.2, 0) is 11.9 Å². The zero-order valence-electron chi connectivity index (χ0n) is 24.3. The predicted molar refractivity (Wildman–Crippen MR) is 168 cm³/mol. The zero-order valence-corrected chi connectivity index (χ0v) is 27.4. The van der Waals surface area contributed by atoms with Gasteiger partial charge in [0.2, 0.25) is 0 Å². The van der Waals surface area contributed by atoms with E-state index in [4.69, 9.17) is 39.5 Å². The summed E-state index contributed by atoms with van der Waals surface area (Å²) in [6.45, 7) is 2.84. The van der Waals surface area contributed by atoms with E-state index in [1.165, 1.54) is 30.2 Å². The number of nitrogens with one attached hydrogen (secondary N) is 1. The first-order valence-electron chi connectivity index (χ1n) is 13.9. The van der Waals surface area contributed by atoms with E-state index in [2.05, 4.69) is 0 Å². The number of amides is 3. The van der Waals surface area contributed by atoms with Crippen LogP contribution in [0.2, 0.25) is 10.0 Å². The van der Waals surface area contributed by atoms with Crippen LogP contribution in [0.1, 0.15) is 53.0 Å². The van der Waals surface area contributed by atoms with Crippen molar-refractivity contribution in [3.05, 3.63) is 78.9 Å². The fraction of sp³-hybridized carbons (Fsp3) is 0.333. The first kappa shape index (κ1) is 33.8. The molecule has 0 radical (unpaired) electrons. The van der Waals surface area contributed by atoms with Crippen LogP contribution in [0.15, 0.2) is 44.9 Å². The second-order valence-electron chi connectivity index (χ2n) is 10.4. The van der Waals surface area contributed by atoms with E-state index in [9.17, 15) is 28.4 Å². The molecule has 3 heterocycles. The summed E-state index contributed by atoms with van der Waals surface area (Å²) in [6.07, 6.45) is 0.248. The normalized spacial score (nSPS) is 16.5. The minimum Gasteiger partial charge on any atom is -0.492 e. The van der Waals surface area contributed by atoms with Crippen LogP contribution in [0.5, 0.6) is 5.75 Å². The van der Waals surface area contributed by atoms with E-state index >= 15 is 4.39 Å². The van der Waals surface area contributed by atoms with Gasteiger partial charge in [0.15, 0.2) is 11.6 Å². The average Bonchev–Trinajstić information content (AvgIpc) is 3.37. The lowest BCUT2D eigenvalue weighted by Crippen LogP contribution is -2.49. The Morgan fingerprint density at radius 3 is 2.52 bits per heavy atom. The molecule has 1 unspecified atom stereocenters. The SMILES string of the molecule is CCN1CCCN(c2cc3c(c(F)c2OC)C(CC#N)N(C(=O)c2c(Sc4c(Cl)cccc4Cl)cc(C(F)(F)Cl)[nH]c2=O)C3)C1=O. The van der Waals surface area contributed by atoms with Gasteiger partial charge < -0.3 is 19.5 Å². The number of rotatable bonds is 8. The van der Waals surface area contributed by atoms with Gasteiger partial charge in [0.05, 0.1) is 41.4 Å². The second-order valence-corrected chi connectivity index (χ2v) is 12.7. The molecule has 2 aliphatic heterocycles. The molecule has 1 saturated heterocycles. The molecule has 0 bridgehead atoms. The van der Waals surface area contributed by atoms with Crippen molar-refractivity contribution in [2.24, 2.45) is 0 Å². The van der Waals surface area contributed by atoms with Gasteiger partial charge in [-0.25, -0.2) is 9.18 Å². The number of benzene rings is 2. The van der Waals surface area contributed by atoms with Crippen molar-refractivity contribution in [1.29, 1.82) is 5.26 Å². The number of pyridine rings is 1. The van der Waals surface area contributed by atoms with Crippen molar-refractivity contribution in [2.45, 2.75) is 47.5 Å². The Labute approximate surface area is 280 Å². The van der Waals surface area contributed by atoms with Crippen molar-refractivity contribution >= 4 is 64.2 Å². The molecule has 5 rings (SSSR count). The number of nitrogens with zero attached hydrogens (tertiary/aromatic N) is 4. The number of aromatic nitrogens is 1. The highest BCUT2D eigenvalue weighted by molar-refractivity contribution is 7.99. The summed E-state index contributed by atoms with van der Waals surface area (Å²) in [5, 5.41) is 5.94. The van der Waals surface area contributed by atoms with Gasteiger partial charge in [0, 0.05) is 41.5 Å². The predicted octanol–water partition coefficient (Wildman–Crippen LogP) is 7.53. The third-order valence-electron chi connectivity index (χ3n) is 7.76. The van der Waals surface area contributed by atoms with Crippen LogP contribution in [0.4, 0.5) is 23.7 Å². The van der Waals surface area contributed by atoms with E-state index in [1.807, 2.05) is 18.0 Å². The number of carbonyl (C=O) groups is 2. The molecule has 3 aromatic rings. The number of aromatic amines is 1. The van der Waals surface area contributed by atoms with E-state index in [0.29, 0.717) is 37.8 Å². The van der Waals surface area contributed by atoms with Gasteiger partial charge in [-0.15, -0.1) is 0 Å². The fourth-order valence-electron chi connectivity index (χ4n) is 5.64. The minimum absolute atomic E-state index is 0.0176. The van der Waals surface area contributed by atoms with Gasteiger partial charge in [-0.2, -0.15) is 14.0 Å². The first-order valence-corrected chi connectivity index (χ1v) is 15.9. The van der Waals surface area contributed by atoms with Gasteiger partial charge in [-0.3, -0.25) is 14.5 Å². The smallest absolute Gasteiger partial charge is 0.362 e. The Morgan fingerprint density at radius 2 is 1.91 bits per heavy atom. The molecule has 46 heavy (non-hydrogen) atoms. The Hall–Kier alpha value is -3.57. The number of methoxy groups -OCH3 is 1. The number of halogens is 6. The van der Waals surface area contributed by atoms with E-state index in [0.717, 1.165) is 11.0 Å². The van der Waals surface area contributed by atoms with Crippen LogP contribution in [-0.4, -0.2) is 53.5 Å². The number of alkyl halides is 3. The molecular weight excluding hydrogens is 690 g/mol. The molecule has 1 aromatic heterocycles. The Kier molecular flexibility index (Phi) is 9.75. The summed E-state index contributed by atoms with van der Waals surface area (Å²) in [5.74, 6) is -2.08. The quantitative estimate of drug-likeness (QED) is 0.242. The summed E-state index contributed by atoms with van der Waals surface area (Å²) in [7, 11) is 1.24. The number of urea groups is 1. The van der Waals surface area contributed by atoms with Crippen molar-refractivity contribution in [2.75, 3.05) is 31.6 Å². The first-order chi connectivity index (χ1) is 21.8. The minimum atomic E-state index is -4.00. The van der Waals surface area contributed by atoms with Gasteiger partial charge in [0.1, 0.15) is 11.3 Å². The third-order valence-corrected chi connectivity index (χ3v) is 10.00. The largest absolute Gasteiger partial charge is 0.492 e. The van der Waals surface area contributed by atoms with Crippen molar-refractivity contribution < 1.29 is 27.5 Å². The number of nitriles is 1. The van der Waals surface area contributed by atoms with Gasteiger partial charge in [-0.05, 0) is 54.8 Å². The molecule has 0 aliphatic carbocycles. The maximum absolute atomic E-state index is 16.3. The van der Waals surface area contributed by atoms with E-state index in [1.54, 1.807) is 11.0 Å². The van der Waals surface area contributed by atoms with Crippen LogP contribution in [0.25, 0.3) is 0 Å². The summed E-state index contributed by atoms with van der Waals surface area (Å²) >= 11 is 18.5. The topological polar surface area (TPSA) is 110 Å². The van der Waals surface area contributed by atoms with Crippen LogP contribution in [0, 0.1) is 17.1 Å². The highest BCUT2D eigenvalue weighted by Gasteiger charge is 2.42. The monoisotopic (exact) mass is 713 g/mol. The molecular formula is C30H25Cl3F3N5O4S. The van der Waals surface area contributed by atoms with Gasteiger partial charge in [-0.1, -0.05) is 41.0 Å². The Morgan fingerprint density at radius 1 is 1.22 bits per heavy atom. The number of hydrogen-bond donors (Lipinski definition) is 1. The molecule has 16 heteroatoms. The van der Waals surface area contributed by atoms with Crippen LogP contribution in [0.3, 0.4) is 0 Å². The van der Waals surface area contributed by atoms with Crippen LogP contribution >= 0.6 is 46.6 Å². The highest BCUT2D eigenvalue weighted by atomic mass is 35.5. The molecule has 1 atom stereocenters. The van der Waals surface area contributed by atoms with Gasteiger partial charge >= 0.3 is 11.4 Å². The van der Waals surface area contributed by atoms with Gasteiger partial charge in [0.25, 0.3) is 11.5 Å². The summed E-state index contributed by atoms with van der Waals surface area (Å²) < 4.78 is 50.1. The second kappa shape index (κ2) is 13.3. The molecule has 242 valence electrons. The van der Waals surface area contributed by atoms with Crippen molar-refractivity contribution in [3.8, 4) is 11.8 Å². The number of ether oxygens (including phenoxy) is 1. The third kappa shape index (κ3) is 6.11. The van der Waals surface area contributed by atoms with Crippen molar-refractivity contribution in [1.82, 2.24) is 14.8 Å². The number of hydrogen-bond acceptors (Lipinski definition) is 6. The Balaban J connectivity index is 1.63. The molecule has 1 fully saturated rings. The van der Waals surface area contributed by atoms with E-state index < -0.39 is 40.0 Å². The average molecular weight is 715 g/mol. The number of carbonyl (C=O) groups excluding carboxylic acids is 2. The maximum Gasteiger partial charge on any atom is 0.362 e. The standard InChI is InChI=1S/C30H25Cl3F3N5O4S/c1-3-39-10-5-11-40(29(39)44)19-12-15-14-41(18(8-9-37)22(15)24(34)25(19)45-2)28(43)23-20(13-21(30(33,35)36)38-27(23)42)46-26-16(31)6-4-7-17(26)32/h4,6-7,12-13,18H,3,5,8,10-11,14H2,1-2H3,(H,38,42). The fourth-order valence-corrected chi connectivity index (χ4v) is 7.38. The summed E-state index contributed by atoms with van der Waals surface area (Å²) in [5.41, 5.74) is -2.32. The van der Waals surface area contributed by atoms with E-state index in [-0.39, 0.29) is 61.4 Å². The lowest BCUT2D eigenvalue weighted by atomic mass is 9.99. The molecule has 2 aliphatic rings. The molecule has 0 saturated carbocycles. The van der Waals surface area contributed by atoms with Crippen molar-refractivity contribution in [3.63, 3.8) is 0 Å². The molecule has 0 spiro atoms.